The van der Waals surface area contributed by atoms with Crippen molar-refractivity contribution in [2.45, 2.75) is 13.5 Å². The lowest BCUT2D eigenvalue weighted by atomic mass is 10.1. The lowest BCUT2D eigenvalue weighted by molar-refractivity contribution is 0.0946. The van der Waals surface area contributed by atoms with Crippen molar-refractivity contribution in [1.82, 2.24) is 15.3 Å². The number of pyridine rings is 1. The lowest BCUT2D eigenvalue weighted by Gasteiger charge is -2.13. The van der Waals surface area contributed by atoms with Crippen LogP contribution in [0.25, 0.3) is 33.1 Å². The molecule has 2 aromatic heterocycles. The summed E-state index contributed by atoms with van der Waals surface area (Å²) >= 11 is 0. The fourth-order valence-electron chi connectivity index (χ4n) is 4.38. The second-order valence-corrected chi connectivity index (χ2v) is 8.24. The van der Waals surface area contributed by atoms with Gasteiger partial charge in [0, 0.05) is 34.0 Å². The zero-order valence-electron chi connectivity index (χ0n) is 20.4. The van der Waals surface area contributed by atoms with E-state index in [9.17, 15) is 4.79 Å². The zero-order valence-corrected chi connectivity index (χ0v) is 20.4. The molecule has 3 aromatic carbocycles. The number of para-hydroxylation sites is 2. The molecule has 5 rings (SSSR count). The minimum atomic E-state index is -0.271. The first-order valence-corrected chi connectivity index (χ1v) is 11.8. The van der Waals surface area contributed by atoms with Crippen molar-refractivity contribution < 1.29 is 19.0 Å². The number of H-pyrrole nitrogens is 1. The van der Waals surface area contributed by atoms with E-state index in [-0.39, 0.29) is 5.91 Å². The van der Waals surface area contributed by atoms with Crippen molar-refractivity contribution in [3.8, 4) is 28.5 Å². The molecule has 0 aliphatic carbocycles. The Labute approximate surface area is 209 Å². The molecule has 0 fully saturated rings. The van der Waals surface area contributed by atoms with E-state index in [1.165, 1.54) is 0 Å². The maximum Gasteiger partial charge on any atom is 0.270 e. The molecule has 0 aliphatic heterocycles. The van der Waals surface area contributed by atoms with E-state index in [1.807, 2.05) is 79.7 Å². The number of ether oxygens (including phenoxy) is 3. The first kappa shape index (κ1) is 23.2. The van der Waals surface area contributed by atoms with Gasteiger partial charge in [0.25, 0.3) is 5.91 Å². The number of aromatic nitrogens is 2. The van der Waals surface area contributed by atoms with E-state index in [0.29, 0.717) is 36.0 Å². The van der Waals surface area contributed by atoms with Crippen LogP contribution in [0.2, 0.25) is 0 Å². The second-order valence-electron chi connectivity index (χ2n) is 8.24. The van der Waals surface area contributed by atoms with E-state index >= 15 is 0 Å². The molecule has 1 amide bonds. The average Bonchev–Trinajstić information content (AvgIpc) is 3.30. The fourth-order valence-corrected chi connectivity index (χ4v) is 4.38. The number of carbonyl (C=O) groups is 1. The smallest absolute Gasteiger partial charge is 0.270 e. The summed E-state index contributed by atoms with van der Waals surface area (Å²) < 4.78 is 16.7. The minimum Gasteiger partial charge on any atom is -0.496 e. The first-order valence-electron chi connectivity index (χ1n) is 11.8. The van der Waals surface area contributed by atoms with E-state index in [1.54, 1.807) is 14.2 Å². The van der Waals surface area contributed by atoms with Crippen LogP contribution in [-0.2, 0) is 6.54 Å². The number of benzene rings is 3. The van der Waals surface area contributed by atoms with Gasteiger partial charge in [-0.1, -0.05) is 36.4 Å². The standard InChI is InChI=1S/C29H27N3O4/c1-4-36-25-14-13-18(15-26(25)35-3)27-28-21(20-10-6-7-11-22(20)31-28)16-23(32-27)29(33)30-17-19-9-5-8-12-24(19)34-2/h5-16,31H,4,17H2,1-3H3,(H,30,33). The molecule has 2 heterocycles. The molecule has 2 N–H and O–H groups in total. The molecule has 7 nitrogen and oxygen atoms in total. The van der Waals surface area contributed by atoms with Gasteiger partial charge in [-0.3, -0.25) is 4.79 Å². The second kappa shape index (κ2) is 10.00. The van der Waals surface area contributed by atoms with Crippen LogP contribution in [0.4, 0.5) is 0 Å². The van der Waals surface area contributed by atoms with Crippen LogP contribution in [-0.4, -0.2) is 36.7 Å². The highest BCUT2D eigenvalue weighted by atomic mass is 16.5. The Balaban J connectivity index is 1.60. The number of fused-ring (bicyclic) bond motifs is 3. The summed E-state index contributed by atoms with van der Waals surface area (Å²) in [4.78, 5) is 21.6. The molecule has 36 heavy (non-hydrogen) atoms. The van der Waals surface area contributed by atoms with Gasteiger partial charge in [0.2, 0.25) is 0 Å². The summed E-state index contributed by atoms with van der Waals surface area (Å²) in [5.41, 5.74) is 4.51. The van der Waals surface area contributed by atoms with Gasteiger partial charge in [0.05, 0.1) is 32.0 Å². The maximum atomic E-state index is 13.3. The molecule has 0 unspecified atom stereocenters. The van der Waals surface area contributed by atoms with Gasteiger partial charge in [-0.25, -0.2) is 4.98 Å². The molecule has 0 atom stereocenters. The molecule has 7 heteroatoms. The van der Waals surface area contributed by atoms with Crippen LogP contribution in [0.5, 0.6) is 17.2 Å². The van der Waals surface area contributed by atoms with Gasteiger partial charge >= 0.3 is 0 Å². The van der Waals surface area contributed by atoms with Gasteiger partial charge < -0.3 is 24.5 Å². The van der Waals surface area contributed by atoms with Crippen LogP contribution in [0, 0.1) is 0 Å². The van der Waals surface area contributed by atoms with Crippen LogP contribution in [0.15, 0.2) is 72.8 Å². The van der Waals surface area contributed by atoms with Crippen LogP contribution < -0.4 is 19.5 Å². The van der Waals surface area contributed by atoms with Crippen molar-refractivity contribution in [2.24, 2.45) is 0 Å². The molecule has 0 aliphatic rings. The summed E-state index contributed by atoms with van der Waals surface area (Å²) in [7, 11) is 3.22. The summed E-state index contributed by atoms with van der Waals surface area (Å²) in [5.74, 6) is 1.71. The van der Waals surface area contributed by atoms with Crippen LogP contribution >= 0.6 is 0 Å². The number of carbonyl (C=O) groups excluding carboxylic acids is 1. The number of nitrogens with one attached hydrogen (secondary N) is 2. The third-order valence-electron chi connectivity index (χ3n) is 6.10. The normalized spacial score (nSPS) is 11.0. The maximum absolute atomic E-state index is 13.3. The van der Waals surface area contributed by atoms with Gasteiger partial charge in [0.1, 0.15) is 11.4 Å². The summed E-state index contributed by atoms with van der Waals surface area (Å²) in [6.45, 7) is 2.78. The molecule has 0 radical (unpaired) electrons. The van der Waals surface area contributed by atoms with Crippen molar-refractivity contribution in [1.29, 1.82) is 0 Å². The van der Waals surface area contributed by atoms with Gasteiger partial charge in [0.15, 0.2) is 11.5 Å². The number of hydrogen-bond acceptors (Lipinski definition) is 5. The van der Waals surface area contributed by atoms with E-state index in [2.05, 4.69) is 10.3 Å². The number of aromatic amines is 1. The van der Waals surface area contributed by atoms with Gasteiger partial charge in [-0.05, 0) is 43.3 Å². The summed E-state index contributed by atoms with van der Waals surface area (Å²) in [6.07, 6.45) is 0. The highest BCUT2D eigenvalue weighted by Crippen LogP contribution is 2.37. The number of methoxy groups -OCH3 is 2. The van der Waals surface area contributed by atoms with Crippen molar-refractivity contribution >= 4 is 27.7 Å². The predicted molar refractivity (Wildman–Crippen MR) is 141 cm³/mol. The monoisotopic (exact) mass is 481 g/mol. The lowest BCUT2D eigenvalue weighted by Crippen LogP contribution is -2.24. The quantitative estimate of drug-likeness (QED) is 0.296. The minimum absolute atomic E-state index is 0.271. The van der Waals surface area contributed by atoms with Crippen molar-refractivity contribution in [2.75, 3.05) is 20.8 Å². The van der Waals surface area contributed by atoms with Crippen LogP contribution in [0.1, 0.15) is 23.0 Å². The predicted octanol–water partition coefficient (Wildman–Crippen LogP) is 5.73. The molecule has 182 valence electrons. The Morgan fingerprint density at radius 3 is 2.47 bits per heavy atom. The Morgan fingerprint density at radius 2 is 1.67 bits per heavy atom. The topological polar surface area (TPSA) is 85.5 Å². The van der Waals surface area contributed by atoms with E-state index in [0.717, 1.165) is 38.7 Å². The third-order valence-corrected chi connectivity index (χ3v) is 6.10. The Kier molecular flexibility index (Phi) is 6.45. The number of rotatable bonds is 8. The van der Waals surface area contributed by atoms with Crippen molar-refractivity contribution in [3.05, 3.63) is 84.1 Å². The molecule has 0 saturated carbocycles. The number of nitrogens with zero attached hydrogens (tertiary/aromatic N) is 1. The largest absolute Gasteiger partial charge is 0.496 e. The highest BCUT2D eigenvalue weighted by molar-refractivity contribution is 6.13. The van der Waals surface area contributed by atoms with Crippen molar-refractivity contribution in [3.63, 3.8) is 0 Å². The SMILES string of the molecule is CCOc1ccc(-c2nc(C(=O)NCc3ccccc3OC)cc3c2[nH]c2ccccc23)cc1OC. The van der Waals surface area contributed by atoms with E-state index < -0.39 is 0 Å². The molecule has 0 bridgehead atoms. The third kappa shape index (κ3) is 4.31. The first-order chi connectivity index (χ1) is 17.6. The Morgan fingerprint density at radius 1 is 0.889 bits per heavy atom. The molecule has 0 spiro atoms. The summed E-state index contributed by atoms with van der Waals surface area (Å²) in [5, 5.41) is 4.93. The number of hydrogen-bond donors (Lipinski definition) is 2. The van der Waals surface area contributed by atoms with Gasteiger partial charge in [-0.2, -0.15) is 0 Å². The van der Waals surface area contributed by atoms with E-state index in [4.69, 9.17) is 19.2 Å². The zero-order chi connectivity index (χ0) is 25.1. The average molecular weight is 482 g/mol. The fraction of sp³-hybridized carbons (Fsp3) is 0.172. The molecule has 5 aromatic rings. The molecular formula is C29H27N3O4. The number of amides is 1. The highest BCUT2D eigenvalue weighted by Gasteiger charge is 2.18. The molecule has 0 saturated heterocycles. The Hall–Kier alpha value is -4.52. The van der Waals surface area contributed by atoms with Crippen LogP contribution in [0.3, 0.4) is 0 Å². The molecular weight excluding hydrogens is 454 g/mol. The Bertz CT molecular complexity index is 1560. The summed E-state index contributed by atoms with van der Waals surface area (Å²) in [6, 6.07) is 23.1. The van der Waals surface area contributed by atoms with Gasteiger partial charge in [-0.15, -0.1) is 0 Å².